The summed E-state index contributed by atoms with van der Waals surface area (Å²) in [7, 11) is 0. The Labute approximate surface area is 204 Å². The highest BCUT2D eigenvalue weighted by Crippen LogP contribution is 2.32. The van der Waals surface area contributed by atoms with Crippen LogP contribution in [0.2, 0.25) is 0 Å². The number of carbonyl (C=O) groups is 1. The Morgan fingerprint density at radius 2 is 1.80 bits per heavy atom. The molecule has 5 nitrogen and oxygen atoms in total. The van der Waals surface area contributed by atoms with Crippen molar-refractivity contribution in [2.75, 3.05) is 12.8 Å². The van der Waals surface area contributed by atoms with Crippen molar-refractivity contribution in [2.45, 2.75) is 23.7 Å². The molecular weight excluding hydrogens is 475 g/mol. The van der Waals surface area contributed by atoms with Crippen molar-refractivity contribution in [1.82, 2.24) is 10.3 Å². The summed E-state index contributed by atoms with van der Waals surface area (Å²) in [6.45, 7) is 0.108. The number of ether oxygens (including phenoxy) is 1. The molecule has 0 aliphatic rings. The van der Waals surface area contributed by atoms with Gasteiger partial charge in [0.25, 0.3) is 5.91 Å². The minimum absolute atomic E-state index is 0.108. The summed E-state index contributed by atoms with van der Waals surface area (Å²) < 4.78 is 43.3. The van der Waals surface area contributed by atoms with E-state index < -0.39 is 24.1 Å². The minimum atomic E-state index is -4.94. The van der Waals surface area contributed by atoms with E-state index in [-0.39, 0.29) is 12.1 Å². The lowest BCUT2D eigenvalue weighted by molar-refractivity contribution is -0.274. The van der Waals surface area contributed by atoms with Gasteiger partial charge in [-0.2, -0.15) is 0 Å². The van der Waals surface area contributed by atoms with Crippen LogP contribution in [0.3, 0.4) is 0 Å². The van der Waals surface area contributed by atoms with Gasteiger partial charge < -0.3 is 20.8 Å². The molecule has 0 bridgehead atoms. The standard InChI is InChI=1S/C26H24F3N3O2S/c1-35-20-9-6-16(7-10-20)17-8-11-24(34-26(27,28)29)22(13-17)25(33)32-19(14-30)12-18-15-31-23-5-3-2-4-21(18)23/h2-11,13,15,19,31H,12,14,30H2,1H3,(H,32,33). The van der Waals surface area contributed by atoms with Crippen molar-refractivity contribution in [3.8, 4) is 16.9 Å². The normalized spacial score (nSPS) is 12.5. The number of alkyl halides is 3. The van der Waals surface area contributed by atoms with E-state index in [4.69, 9.17) is 5.73 Å². The van der Waals surface area contributed by atoms with Gasteiger partial charge in [-0.3, -0.25) is 4.79 Å². The molecule has 9 heteroatoms. The first-order valence-corrected chi connectivity index (χ1v) is 12.1. The molecule has 35 heavy (non-hydrogen) atoms. The Balaban J connectivity index is 1.62. The summed E-state index contributed by atoms with van der Waals surface area (Å²) >= 11 is 1.58. The van der Waals surface area contributed by atoms with Crippen molar-refractivity contribution >= 4 is 28.6 Å². The molecule has 0 aliphatic carbocycles. The second-order valence-electron chi connectivity index (χ2n) is 7.96. The SMILES string of the molecule is CSc1ccc(-c2ccc(OC(F)(F)F)c(C(=O)NC(CN)Cc3c[nH]c4ccccc34)c2)cc1. The Bertz CT molecular complexity index is 1320. The molecular formula is C26H24F3N3O2S. The van der Waals surface area contributed by atoms with Crippen LogP contribution in [0, 0.1) is 0 Å². The molecule has 1 heterocycles. The number of para-hydroxylation sites is 1. The van der Waals surface area contributed by atoms with Crippen molar-refractivity contribution in [1.29, 1.82) is 0 Å². The summed E-state index contributed by atoms with van der Waals surface area (Å²) in [4.78, 5) is 17.4. The fraction of sp³-hybridized carbons (Fsp3) is 0.192. The maximum atomic E-state index is 13.2. The zero-order chi connectivity index (χ0) is 25.0. The maximum Gasteiger partial charge on any atom is 0.573 e. The third-order valence-electron chi connectivity index (χ3n) is 5.63. The van der Waals surface area contributed by atoms with E-state index in [1.807, 2.05) is 61.0 Å². The highest BCUT2D eigenvalue weighted by Gasteiger charge is 2.33. The van der Waals surface area contributed by atoms with Gasteiger partial charge in [0.1, 0.15) is 5.75 Å². The number of halogens is 3. The molecule has 4 aromatic rings. The van der Waals surface area contributed by atoms with Crippen LogP contribution in [0.15, 0.2) is 77.8 Å². The molecule has 1 aromatic heterocycles. The first-order chi connectivity index (χ1) is 16.8. The second kappa shape index (κ2) is 10.5. The molecule has 0 aliphatic heterocycles. The molecule has 1 atom stereocenters. The lowest BCUT2D eigenvalue weighted by Gasteiger charge is -2.19. The van der Waals surface area contributed by atoms with Gasteiger partial charge >= 0.3 is 6.36 Å². The zero-order valence-electron chi connectivity index (χ0n) is 18.9. The average Bonchev–Trinajstić information content (AvgIpc) is 3.25. The first kappa shape index (κ1) is 24.7. The minimum Gasteiger partial charge on any atom is -0.405 e. The topological polar surface area (TPSA) is 80.1 Å². The molecule has 0 spiro atoms. The van der Waals surface area contributed by atoms with E-state index in [0.717, 1.165) is 33.0 Å². The number of rotatable bonds is 8. The van der Waals surface area contributed by atoms with E-state index in [2.05, 4.69) is 15.0 Å². The summed E-state index contributed by atoms with van der Waals surface area (Å²) in [6.07, 6.45) is -0.729. The Kier molecular flexibility index (Phi) is 7.37. The van der Waals surface area contributed by atoms with Crippen molar-refractivity contribution < 1.29 is 22.7 Å². The van der Waals surface area contributed by atoms with Crippen LogP contribution in [0.25, 0.3) is 22.0 Å². The number of thioether (sulfide) groups is 1. The highest BCUT2D eigenvalue weighted by atomic mass is 32.2. The largest absolute Gasteiger partial charge is 0.573 e. The number of benzene rings is 3. The quantitative estimate of drug-likeness (QED) is 0.270. The number of nitrogens with two attached hydrogens (primary N) is 1. The molecule has 4 N–H and O–H groups in total. The van der Waals surface area contributed by atoms with E-state index in [1.165, 1.54) is 12.1 Å². The van der Waals surface area contributed by atoms with E-state index in [1.54, 1.807) is 11.8 Å². The summed E-state index contributed by atoms with van der Waals surface area (Å²) in [5, 5.41) is 3.78. The van der Waals surface area contributed by atoms with E-state index >= 15 is 0 Å². The van der Waals surface area contributed by atoms with Crippen LogP contribution in [-0.4, -0.2) is 36.1 Å². The molecule has 1 unspecified atom stereocenters. The van der Waals surface area contributed by atoms with Crippen LogP contribution in [-0.2, 0) is 6.42 Å². The molecule has 0 saturated heterocycles. The summed E-state index contributed by atoms with van der Waals surface area (Å²) in [5.41, 5.74) is 8.96. The van der Waals surface area contributed by atoms with Crippen LogP contribution in [0.4, 0.5) is 13.2 Å². The van der Waals surface area contributed by atoms with Crippen LogP contribution in [0.1, 0.15) is 15.9 Å². The number of H-pyrrole nitrogens is 1. The molecule has 0 saturated carbocycles. The van der Waals surface area contributed by atoms with Gasteiger partial charge in [-0.1, -0.05) is 36.4 Å². The van der Waals surface area contributed by atoms with Crippen LogP contribution >= 0.6 is 11.8 Å². The van der Waals surface area contributed by atoms with Crippen LogP contribution < -0.4 is 15.8 Å². The van der Waals surface area contributed by atoms with Crippen LogP contribution in [0.5, 0.6) is 5.75 Å². The number of amides is 1. The number of aromatic amines is 1. The third-order valence-corrected chi connectivity index (χ3v) is 6.38. The van der Waals surface area contributed by atoms with Crippen molar-refractivity contribution in [3.63, 3.8) is 0 Å². The maximum absolute atomic E-state index is 13.2. The lowest BCUT2D eigenvalue weighted by Crippen LogP contribution is -2.42. The molecule has 1 amide bonds. The Morgan fingerprint density at radius 3 is 2.49 bits per heavy atom. The van der Waals surface area contributed by atoms with E-state index in [0.29, 0.717) is 12.0 Å². The fourth-order valence-corrected chi connectivity index (χ4v) is 4.31. The highest BCUT2D eigenvalue weighted by molar-refractivity contribution is 7.98. The summed E-state index contributed by atoms with van der Waals surface area (Å²) in [5.74, 6) is -1.26. The number of fused-ring (bicyclic) bond motifs is 1. The third kappa shape index (κ3) is 5.98. The molecule has 0 fully saturated rings. The monoisotopic (exact) mass is 499 g/mol. The average molecular weight is 500 g/mol. The van der Waals surface area contributed by atoms with Crippen molar-refractivity contribution in [2.24, 2.45) is 5.73 Å². The number of aromatic nitrogens is 1. The Morgan fingerprint density at radius 1 is 1.09 bits per heavy atom. The van der Waals surface area contributed by atoms with Gasteiger partial charge in [0, 0.05) is 34.6 Å². The number of nitrogens with one attached hydrogen (secondary N) is 2. The lowest BCUT2D eigenvalue weighted by atomic mass is 10.0. The predicted molar refractivity (Wildman–Crippen MR) is 133 cm³/mol. The van der Waals surface area contributed by atoms with Gasteiger partial charge in [0.15, 0.2) is 0 Å². The first-order valence-electron chi connectivity index (χ1n) is 10.9. The van der Waals surface area contributed by atoms with Gasteiger partial charge in [0.05, 0.1) is 5.56 Å². The second-order valence-corrected chi connectivity index (χ2v) is 8.84. The van der Waals surface area contributed by atoms with Gasteiger partial charge in [-0.25, -0.2) is 0 Å². The Hall–Kier alpha value is -3.43. The zero-order valence-corrected chi connectivity index (χ0v) is 19.7. The van der Waals surface area contributed by atoms with Crippen molar-refractivity contribution in [3.05, 3.63) is 84.1 Å². The van der Waals surface area contributed by atoms with E-state index in [9.17, 15) is 18.0 Å². The number of carbonyl (C=O) groups excluding carboxylic acids is 1. The molecule has 182 valence electrons. The smallest absolute Gasteiger partial charge is 0.405 e. The molecule has 3 aromatic carbocycles. The van der Waals surface area contributed by atoms with Gasteiger partial charge in [-0.05, 0) is 59.7 Å². The molecule has 4 rings (SSSR count). The summed E-state index contributed by atoms with van der Waals surface area (Å²) in [6, 6.07) is 18.8. The number of hydrogen-bond acceptors (Lipinski definition) is 4. The number of hydrogen-bond donors (Lipinski definition) is 3. The van der Waals surface area contributed by atoms with Gasteiger partial charge in [-0.15, -0.1) is 24.9 Å². The molecule has 0 radical (unpaired) electrons. The fourth-order valence-electron chi connectivity index (χ4n) is 3.91. The van der Waals surface area contributed by atoms with Gasteiger partial charge in [0.2, 0.25) is 0 Å². The predicted octanol–water partition coefficient (Wildman–Crippen LogP) is 5.76.